The number of dihydropyridines is 1. The number of ether oxygens (including phenoxy) is 4. The third-order valence-electron chi connectivity index (χ3n) is 4.31. The molecule has 1 atom stereocenters. The van der Waals surface area contributed by atoms with Gasteiger partial charge >= 0.3 is 12.3 Å². The van der Waals surface area contributed by atoms with Crippen molar-refractivity contribution in [3.63, 3.8) is 0 Å². The number of carbonyl (C=O) groups is 2. The fourth-order valence-corrected chi connectivity index (χ4v) is 3.29. The SMILES string of the molecule is CSCCOC(=O)OC1=C(C)NC(C)=C(OC(=O)OC(C)C)C1c1ccccc1[N+](=O)[O-]. The van der Waals surface area contributed by atoms with Crippen molar-refractivity contribution in [2.24, 2.45) is 0 Å². The van der Waals surface area contributed by atoms with Gasteiger partial charge in [-0.15, -0.1) is 0 Å². The van der Waals surface area contributed by atoms with Crippen molar-refractivity contribution in [2.45, 2.75) is 39.7 Å². The molecule has 0 amide bonds. The van der Waals surface area contributed by atoms with E-state index in [1.807, 2.05) is 6.26 Å². The molecule has 0 fully saturated rings. The van der Waals surface area contributed by atoms with Crippen LogP contribution in [0.5, 0.6) is 0 Å². The lowest BCUT2D eigenvalue weighted by Gasteiger charge is -2.30. The first-order chi connectivity index (χ1) is 15.1. The average molecular weight is 467 g/mol. The van der Waals surface area contributed by atoms with Crippen LogP contribution >= 0.6 is 11.8 Å². The molecule has 0 saturated carbocycles. The number of hydrogen-bond donors (Lipinski definition) is 1. The Morgan fingerprint density at radius 1 is 1.12 bits per heavy atom. The molecule has 0 saturated heterocycles. The van der Waals surface area contributed by atoms with Gasteiger partial charge in [0.2, 0.25) is 0 Å². The molecule has 1 heterocycles. The fraction of sp³-hybridized carbons (Fsp3) is 0.429. The van der Waals surface area contributed by atoms with E-state index in [9.17, 15) is 19.7 Å². The molecule has 0 radical (unpaired) electrons. The van der Waals surface area contributed by atoms with Gasteiger partial charge in [0.1, 0.15) is 24.0 Å². The van der Waals surface area contributed by atoms with E-state index < -0.39 is 29.3 Å². The number of para-hydroxylation sites is 1. The Hall–Kier alpha value is -3.21. The largest absolute Gasteiger partial charge is 0.513 e. The minimum Gasteiger partial charge on any atom is -0.433 e. The van der Waals surface area contributed by atoms with Gasteiger partial charge in [-0.3, -0.25) is 10.1 Å². The van der Waals surface area contributed by atoms with E-state index in [1.165, 1.54) is 30.0 Å². The highest BCUT2D eigenvalue weighted by Crippen LogP contribution is 2.42. The Kier molecular flexibility index (Phi) is 8.94. The summed E-state index contributed by atoms with van der Waals surface area (Å²) in [7, 11) is 0. The molecule has 1 aromatic rings. The normalized spacial score (nSPS) is 15.9. The first-order valence-corrected chi connectivity index (χ1v) is 11.2. The monoisotopic (exact) mass is 466 g/mol. The molecular formula is C21H26N2O8S. The van der Waals surface area contributed by atoms with E-state index in [0.717, 1.165) is 0 Å². The molecule has 1 unspecified atom stereocenters. The Labute approximate surface area is 190 Å². The van der Waals surface area contributed by atoms with Crippen molar-refractivity contribution in [1.29, 1.82) is 0 Å². The molecular weight excluding hydrogens is 440 g/mol. The second kappa shape index (κ2) is 11.4. The quantitative estimate of drug-likeness (QED) is 0.246. The zero-order chi connectivity index (χ0) is 23.8. The molecule has 0 aliphatic carbocycles. The van der Waals surface area contributed by atoms with Gasteiger partial charge in [0.05, 0.1) is 22.4 Å². The van der Waals surface area contributed by atoms with Gasteiger partial charge in [-0.05, 0) is 34.0 Å². The summed E-state index contributed by atoms with van der Waals surface area (Å²) < 4.78 is 21.0. The van der Waals surface area contributed by atoms with Crippen LogP contribution in [-0.4, -0.2) is 42.0 Å². The van der Waals surface area contributed by atoms with Crippen LogP contribution < -0.4 is 5.32 Å². The Bertz CT molecular complexity index is 941. The highest BCUT2D eigenvalue weighted by Gasteiger charge is 2.39. The standard InChI is InChI=1S/C21H26N2O8S/c1-12(2)29-21(25)31-19-14(4)22-13(3)18(30-20(24)28-10-11-32-5)17(19)15-8-6-7-9-16(15)23(26)27/h6-9,12,17,22H,10-11H2,1-5H3. The van der Waals surface area contributed by atoms with Crippen molar-refractivity contribution in [2.75, 3.05) is 18.6 Å². The van der Waals surface area contributed by atoms with Crippen LogP contribution in [0.25, 0.3) is 0 Å². The summed E-state index contributed by atoms with van der Waals surface area (Å²) >= 11 is 1.49. The van der Waals surface area contributed by atoms with Gasteiger partial charge < -0.3 is 24.3 Å². The molecule has 2 rings (SSSR count). The third kappa shape index (κ3) is 6.39. The Balaban J connectivity index is 2.51. The number of nitro groups is 1. The maximum absolute atomic E-state index is 12.3. The van der Waals surface area contributed by atoms with E-state index in [-0.39, 0.29) is 29.4 Å². The molecule has 1 N–H and O–H groups in total. The van der Waals surface area contributed by atoms with Gasteiger partial charge in [0, 0.05) is 17.4 Å². The van der Waals surface area contributed by atoms with Gasteiger partial charge in [0.25, 0.3) is 5.69 Å². The summed E-state index contributed by atoms with van der Waals surface area (Å²) in [5.74, 6) is -0.451. The number of rotatable bonds is 8. The molecule has 0 spiro atoms. The minimum atomic E-state index is -1.06. The highest BCUT2D eigenvalue weighted by atomic mass is 32.2. The zero-order valence-corrected chi connectivity index (χ0v) is 19.3. The van der Waals surface area contributed by atoms with E-state index in [4.69, 9.17) is 18.9 Å². The van der Waals surface area contributed by atoms with E-state index in [1.54, 1.807) is 33.8 Å². The summed E-state index contributed by atoms with van der Waals surface area (Å²) in [4.78, 5) is 35.7. The fourth-order valence-electron chi connectivity index (χ4n) is 3.04. The van der Waals surface area contributed by atoms with Gasteiger partial charge in [-0.1, -0.05) is 18.2 Å². The predicted molar refractivity (Wildman–Crippen MR) is 118 cm³/mol. The van der Waals surface area contributed by atoms with E-state index in [2.05, 4.69) is 5.32 Å². The number of thioether (sulfide) groups is 1. The van der Waals surface area contributed by atoms with Crippen LogP contribution in [0.1, 0.15) is 39.2 Å². The summed E-state index contributed by atoms with van der Waals surface area (Å²) in [6.45, 7) is 6.72. The van der Waals surface area contributed by atoms with Crippen LogP contribution in [0.3, 0.4) is 0 Å². The van der Waals surface area contributed by atoms with Crippen molar-refractivity contribution in [3.8, 4) is 0 Å². The predicted octanol–water partition coefficient (Wildman–Crippen LogP) is 4.82. The third-order valence-corrected chi connectivity index (χ3v) is 4.88. The second-order valence-corrected chi connectivity index (χ2v) is 8.05. The van der Waals surface area contributed by atoms with Crippen molar-refractivity contribution in [1.82, 2.24) is 5.32 Å². The number of nitro benzene ring substituents is 1. The van der Waals surface area contributed by atoms with Crippen LogP contribution in [0.15, 0.2) is 47.2 Å². The average Bonchev–Trinajstić information content (AvgIpc) is 2.71. The summed E-state index contributed by atoms with van der Waals surface area (Å²) in [5, 5.41) is 14.7. The molecule has 0 bridgehead atoms. The summed E-state index contributed by atoms with van der Waals surface area (Å²) in [5.41, 5.74) is 0.777. The number of nitrogens with one attached hydrogen (secondary N) is 1. The minimum absolute atomic E-state index is 0.0162. The molecule has 1 aliphatic heterocycles. The molecule has 1 aromatic carbocycles. The van der Waals surface area contributed by atoms with Crippen LogP contribution in [0, 0.1) is 10.1 Å². The van der Waals surface area contributed by atoms with Crippen molar-refractivity contribution < 1.29 is 33.5 Å². The molecule has 10 nitrogen and oxygen atoms in total. The molecule has 0 aromatic heterocycles. The van der Waals surface area contributed by atoms with Crippen LogP contribution in [-0.2, 0) is 18.9 Å². The number of benzene rings is 1. The molecule has 1 aliphatic rings. The first-order valence-electron chi connectivity index (χ1n) is 9.79. The smallest absolute Gasteiger partial charge is 0.433 e. The zero-order valence-electron chi connectivity index (χ0n) is 18.5. The molecule has 32 heavy (non-hydrogen) atoms. The number of carbonyl (C=O) groups excluding carboxylic acids is 2. The van der Waals surface area contributed by atoms with Gasteiger partial charge in [0.15, 0.2) is 0 Å². The lowest BCUT2D eigenvalue weighted by atomic mass is 9.89. The van der Waals surface area contributed by atoms with E-state index in [0.29, 0.717) is 17.1 Å². The lowest BCUT2D eigenvalue weighted by Crippen LogP contribution is -2.30. The van der Waals surface area contributed by atoms with Crippen molar-refractivity contribution >= 4 is 29.8 Å². The van der Waals surface area contributed by atoms with Crippen LogP contribution in [0.2, 0.25) is 0 Å². The topological polar surface area (TPSA) is 126 Å². The van der Waals surface area contributed by atoms with Crippen LogP contribution in [0.4, 0.5) is 15.3 Å². The lowest BCUT2D eigenvalue weighted by molar-refractivity contribution is -0.385. The Morgan fingerprint density at radius 2 is 1.72 bits per heavy atom. The second-order valence-electron chi connectivity index (χ2n) is 7.06. The Morgan fingerprint density at radius 3 is 2.28 bits per heavy atom. The number of hydrogen-bond acceptors (Lipinski definition) is 10. The first kappa shape index (κ1) is 25.1. The molecule has 174 valence electrons. The van der Waals surface area contributed by atoms with Gasteiger partial charge in [-0.2, -0.15) is 11.8 Å². The number of nitrogens with zero attached hydrogens (tertiary/aromatic N) is 1. The van der Waals surface area contributed by atoms with E-state index >= 15 is 0 Å². The van der Waals surface area contributed by atoms with Gasteiger partial charge in [-0.25, -0.2) is 9.59 Å². The highest BCUT2D eigenvalue weighted by molar-refractivity contribution is 7.98. The maximum Gasteiger partial charge on any atom is 0.513 e. The maximum atomic E-state index is 12.3. The summed E-state index contributed by atoms with van der Waals surface area (Å²) in [6, 6.07) is 5.95. The molecule has 11 heteroatoms. The van der Waals surface area contributed by atoms with Crippen molar-refractivity contribution in [3.05, 3.63) is 62.9 Å². The summed E-state index contributed by atoms with van der Waals surface area (Å²) in [6.07, 6.45) is -0.530. The number of allylic oxidation sites excluding steroid dienone is 2.